The second-order valence-electron chi connectivity index (χ2n) is 6.38. The van der Waals surface area contributed by atoms with Gasteiger partial charge in [0.05, 0.1) is 6.42 Å². The molecule has 5 heteroatoms. The molecule has 0 radical (unpaired) electrons. The summed E-state index contributed by atoms with van der Waals surface area (Å²) in [4.78, 5) is 23.5. The van der Waals surface area contributed by atoms with Gasteiger partial charge in [-0.05, 0) is 19.9 Å². The molecular formula is C18H35NO4. The van der Waals surface area contributed by atoms with Crippen molar-refractivity contribution in [2.75, 3.05) is 13.1 Å². The minimum Gasteiger partial charge on any atom is -0.481 e. The van der Waals surface area contributed by atoms with Crippen LogP contribution in [0.3, 0.4) is 0 Å². The minimum absolute atomic E-state index is 0.00458. The number of unbranched alkanes of at least 4 members (excludes halogenated alkanes) is 9. The third-order valence-corrected chi connectivity index (χ3v) is 4.32. The van der Waals surface area contributed by atoms with Crippen molar-refractivity contribution in [1.82, 2.24) is 4.90 Å². The lowest BCUT2D eigenvalue weighted by atomic mass is 10.1. The summed E-state index contributed by atoms with van der Waals surface area (Å²) in [6.45, 7) is 4.82. The van der Waals surface area contributed by atoms with Crippen LogP contribution in [0.5, 0.6) is 0 Å². The van der Waals surface area contributed by atoms with Crippen molar-refractivity contribution in [2.45, 2.75) is 90.5 Å². The van der Waals surface area contributed by atoms with Crippen molar-refractivity contribution in [3.05, 3.63) is 0 Å². The molecular weight excluding hydrogens is 294 g/mol. The highest BCUT2D eigenvalue weighted by Gasteiger charge is 2.20. The Morgan fingerprint density at radius 2 is 1.30 bits per heavy atom. The highest BCUT2D eigenvalue weighted by molar-refractivity contribution is 5.73. The summed E-state index contributed by atoms with van der Waals surface area (Å²) in [7, 11) is 0. The van der Waals surface area contributed by atoms with Crippen LogP contribution in [-0.2, 0) is 9.59 Å². The summed E-state index contributed by atoms with van der Waals surface area (Å²) in [5.41, 5.74) is 0. The van der Waals surface area contributed by atoms with Crippen molar-refractivity contribution in [3.8, 4) is 0 Å². The Morgan fingerprint density at radius 3 is 1.74 bits per heavy atom. The standard InChI is InChI=1S/C18H35NO4/c1-3-4-5-6-7-8-9-10-11-12-14-19(15-13-17(20)21)16(2)18(22)23/h16H,3-15H2,1-2H3,(H,20,21)(H,22,23). The van der Waals surface area contributed by atoms with E-state index in [1.807, 2.05) is 0 Å². The quantitative estimate of drug-likeness (QED) is 0.416. The van der Waals surface area contributed by atoms with E-state index < -0.39 is 18.0 Å². The third-order valence-electron chi connectivity index (χ3n) is 4.32. The van der Waals surface area contributed by atoms with E-state index in [4.69, 9.17) is 10.2 Å². The van der Waals surface area contributed by atoms with Gasteiger partial charge < -0.3 is 10.2 Å². The van der Waals surface area contributed by atoms with E-state index in [-0.39, 0.29) is 6.42 Å². The van der Waals surface area contributed by atoms with Crippen LogP contribution in [0.1, 0.15) is 84.5 Å². The summed E-state index contributed by atoms with van der Waals surface area (Å²) in [6.07, 6.45) is 12.4. The van der Waals surface area contributed by atoms with Crippen molar-refractivity contribution < 1.29 is 19.8 Å². The van der Waals surface area contributed by atoms with E-state index in [1.165, 1.54) is 51.4 Å². The molecule has 0 heterocycles. The first-order chi connectivity index (χ1) is 11.0. The summed E-state index contributed by atoms with van der Waals surface area (Å²) < 4.78 is 0. The molecule has 23 heavy (non-hydrogen) atoms. The van der Waals surface area contributed by atoms with Gasteiger partial charge in [0.1, 0.15) is 6.04 Å². The molecule has 0 amide bonds. The van der Waals surface area contributed by atoms with E-state index in [9.17, 15) is 9.59 Å². The van der Waals surface area contributed by atoms with Crippen LogP contribution >= 0.6 is 0 Å². The fraction of sp³-hybridized carbons (Fsp3) is 0.889. The molecule has 0 bridgehead atoms. The zero-order valence-corrected chi connectivity index (χ0v) is 14.9. The highest BCUT2D eigenvalue weighted by Crippen LogP contribution is 2.11. The van der Waals surface area contributed by atoms with Crippen molar-refractivity contribution in [3.63, 3.8) is 0 Å². The number of hydrogen-bond donors (Lipinski definition) is 2. The lowest BCUT2D eigenvalue weighted by Crippen LogP contribution is -2.40. The first kappa shape index (κ1) is 21.9. The molecule has 0 fully saturated rings. The Labute approximate surface area is 141 Å². The molecule has 0 aromatic heterocycles. The van der Waals surface area contributed by atoms with Gasteiger partial charge >= 0.3 is 11.9 Å². The number of carbonyl (C=O) groups is 2. The fourth-order valence-electron chi connectivity index (χ4n) is 2.70. The molecule has 0 aliphatic heterocycles. The summed E-state index contributed by atoms with van der Waals surface area (Å²) in [5.74, 6) is -1.77. The number of nitrogens with zero attached hydrogens (tertiary/aromatic N) is 1. The highest BCUT2D eigenvalue weighted by atomic mass is 16.4. The number of aliphatic carboxylic acids is 2. The average molecular weight is 329 g/mol. The molecule has 0 aromatic carbocycles. The zero-order valence-electron chi connectivity index (χ0n) is 14.9. The van der Waals surface area contributed by atoms with Gasteiger partial charge in [0, 0.05) is 6.54 Å². The van der Waals surface area contributed by atoms with E-state index in [1.54, 1.807) is 11.8 Å². The molecule has 2 N–H and O–H groups in total. The van der Waals surface area contributed by atoms with E-state index >= 15 is 0 Å². The van der Waals surface area contributed by atoms with Crippen molar-refractivity contribution in [2.24, 2.45) is 0 Å². The van der Waals surface area contributed by atoms with Crippen molar-refractivity contribution in [1.29, 1.82) is 0 Å². The minimum atomic E-state index is -0.887. The largest absolute Gasteiger partial charge is 0.481 e. The molecule has 136 valence electrons. The summed E-state index contributed by atoms with van der Waals surface area (Å²) >= 11 is 0. The average Bonchev–Trinajstić information content (AvgIpc) is 2.51. The molecule has 0 aliphatic carbocycles. The normalized spacial score (nSPS) is 12.5. The molecule has 5 nitrogen and oxygen atoms in total. The Morgan fingerprint density at radius 1 is 0.826 bits per heavy atom. The SMILES string of the molecule is CCCCCCCCCCCCN(CCC(=O)O)C(C)C(=O)O. The number of rotatable bonds is 16. The van der Waals surface area contributed by atoms with Gasteiger partial charge in [-0.25, -0.2) is 0 Å². The predicted octanol–water partition coefficient (Wildman–Crippen LogP) is 4.16. The maximum absolute atomic E-state index is 11.1. The molecule has 0 spiro atoms. The molecule has 0 rings (SSSR count). The molecule has 0 saturated heterocycles. The van der Waals surface area contributed by atoms with Gasteiger partial charge in [-0.1, -0.05) is 64.7 Å². The number of carboxylic acids is 2. The second kappa shape index (κ2) is 14.5. The Kier molecular flexibility index (Phi) is 13.8. The Balaban J connectivity index is 3.73. The first-order valence-corrected chi connectivity index (χ1v) is 9.17. The molecule has 0 aliphatic rings. The van der Waals surface area contributed by atoms with Gasteiger partial charge in [0.15, 0.2) is 0 Å². The van der Waals surface area contributed by atoms with Crippen LogP contribution in [-0.4, -0.2) is 46.2 Å². The van der Waals surface area contributed by atoms with Gasteiger partial charge in [-0.3, -0.25) is 14.5 Å². The molecule has 0 saturated carbocycles. The van der Waals surface area contributed by atoms with Crippen LogP contribution in [0.4, 0.5) is 0 Å². The monoisotopic (exact) mass is 329 g/mol. The van der Waals surface area contributed by atoms with Gasteiger partial charge in [-0.2, -0.15) is 0 Å². The molecule has 1 unspecified atom stereocenters. The Bertz CT molecular complexity index is 320. The summed E-state index contributed by atoms with van der Waals surface area (Å²) in [5, 5.41) is 17.8. The molecule has 0 aromatic rings. The summed E-state index contributed by atoms with van der Waals surface area (Å²) in [6, 6.07) is -0.618. The van der Waals surface area contributed by atoms with E-state index in [0.717, 1.165) is 12.8 Å². The number of hydrogen-bond acceptors (Lipinski definition) is 3. The van der Waals surface area contributed by atoms with Crippen LogP contribution in [0.15, 0.2) is 0 Å². The maximum Gasteiger partial charge on any atom is 0.320 e. The van der Waals surface area contributed by atoms with Crippen LogP contribution in [0.25, 0.3) is 0 Å². The van der Waals surface area contributed by atoms with Gasteiger partial charge in [0.25, 0.3) is 0 Å². The van der Waals surface area contributed by atoms with Crippen LogP contribution in [0, 0.1) is 0 Å². The lowest BCUT2D eigenvalue weighted by Gasteiger charge is -2.25. The topological polar surface area (TPSA) is 77.8 Å². The lowest BCUT2D eigenvalue weighted by molar-refractivity contribution is -0.144. The maximum atomic E-state index is 11.1. The molecule has 1 atom stereocenters. The van der Waals surface area contributed by atoms with Gasteiger partial charge in [0.2, 0.25) is 0 Å². The fourth-order valence-corrected chi connectivity index (χ4v) is 2.70. The zero-order chi connectivity index (χ0) is 17.5. The number of carboxylic acid groups (broad SMARTS) is 2. The Hall–Kier alpha value is -1.10. The third kappa shape index (κ3) is 13.1. The second-order valence-corrected chi connectivity index (χ2v) is 6.38. The smallest absolute Gasteiger partial charge is 0.320 e. The first-order valence-electron chi connectivity index (χ1n) is 9.17. The van der Waals surface area contributed by atoms with Crippen molar-refractivity contribution >= 4 is 11.9 Å². The van der Waals surface area contributed by atoms with Gasteiger partial charge in [-0.15, -0.1) is 0 Å². The van der Waals surface area contributed by atoms with Crippen LogP contribution < -0.4 is 0 Å². The van der Waals surface area contributed by atoms with E-state index in [0.29, 0.717) is 13.1 Å². The van der Waals surface area contributed by atoms with Crippen LogP contribution in [0.2, 0.25) is 0 Å². The van der Waals surface area contributed by atoms with E-state index in [2.05, 4.69) is 6.92 Å². The predicted molar refractivity (Wildman–Crippen MR) is 92.8 cm³/mol.